The van der Waals surface area contributed by atoms with Crippen LogP contribution >= 0.6 is 0 Å². The van der Waals surface area contributed by atoms with Crippen molar-refractivity contribution in [3.05, 3.63) is 23.9 Å². The summed E-state index contributed by atoms with van der Waals surface area (Å²) in [5.41, 5.74) is 0.944. The monoisotopic (exact) mass is 233 g/mol. The number of nitrogens with zero attached hydrogens (tertiary/aromatic N) is 3. The van der Waals surface area contributed by atoms with Crippen molar-refractivity contribution in [1.82, 2.24) is 9.88 Å². The van der Waals surface area contributed by atoms with Gasteiger partial charge in [0.25, 0.3) is 0 Å². The number of hydrogen-bond donors (Lipinski definition) is 1. The Hall–Kier alpha value is -1.13. The summed E-state index contributed by atoms with van der Waals surface area (Å²) in [6, 6.07) is 4.73. The molecule has 1 aliphatic heterocycles. The van der Waals surface area contributed by atoms with Crippen LogP contribution in [0.2, 0.25) is 0 Å². The maximum atomic E-state index is 9.13. The molecule has 0 unspecified atom stereocenters. The number of aromatic nitrogens is 1. The van der Waals surface area contributed by atoms with Crippen LogP contribution in [0.1, 0.15) is 18.4 Å². The van der Waals surface area contributed by atoms with E-state index in [1.165, 1.54) is 12.8 Å². The quantitative estimate of drug-likeness (QED) is 0.840. The molecule has 1 aliphatic carbocycles. The zero-order valence-electron chi connectivity index (χ0n) is 10.0. The first-order valence-electron chi connectivity index (χ1n) is 6.41. The van der Waals surface area contributed by atoms with Crippen LogP contribution in [0.15, 0.2) is 18.3 Å². The van der Waals surface area contributed by atoms with E-state index in [4.69, 9.17) is 5.11 Å². The van der Waals surface area contributed by atoms with Gasteiger partial charge in [-0.25, -0.2) is 4.98 Å². The molecule has 4 nitrogen and oxygen atoms in total. The molecular formula is C13H19N3O. The van der Waals surface area contributed by atoms with Gasteiger partial charge in [0.2, 0.25) is 0 Å². The molecule has 0 bridgehead atoms. The van der Waals surface area contributed by atoms with Gasteiger partial charge in [0, 0.05) is 38.4 Å². The normalized spacial score (nSPS) is 21.8. The van der Waals surface area contributed by atoms with Gasteiger partial charge < -0.3 is 10.0 Å². The maximum Gasteiger partial charge on any atom is 0.128 e. The first kappa shape index (κ1) is 11.0. The number of pyridine rings is 1. The summed E-state index contributed by atoms with van der Waals surface area (Å²) in [6.07, 6.45) is 4.56. The molecule has 1 N–H and O–H groups in total. The molecule has 0 spiro atoms. The van der Waals surface area contributed by atoms with Gasteiger partial charge in [-0.3, -0.25) is 4.90 Å². The van der Waals surface area contributed by atoms with Crippen LogP contribution in [0, 0.1) is 0 Å². The molecule has 17 heavy (non-hydrogen) atoms. The molecule has 2 fully saturated rings. The van der Waals surface area contributed by atoms with Crippen LogP contribution < -0.4 is 4.90 Å². The Morgan fingerprint density at radius 2 is 2.00 bits per heavy atom. The van der Waals surface area contributed by atoms with E-state index in [-0.39, 0.29) is 6.61 Å². The second kappa shape index (κ2) is 4.63. The molecule has 3 rings (SSSR count). The Morgan fingerprint density at radius 3 is 2.65 bits per heavy atom. The molecule has 1 aromatic heterocycles. The Kier molecular flexibility index (Phi) is 2.99. The molecule has 0 aromatic carbocycles. The van der Waals surface area contributed by atoms with E-state index in [1.807, 2.05) is 12.1 Å². The second-order valence-electron chi connectivity index (χ2n) is 4.93. The zero-order valence-corrected chi connectivity index (χ0v) is 10.0. The molecule has 4 heteroatoms. The summed E-state index contributed by atoms with van der Waals surface area (Å²) in [5.74, 6) is 1.01. The van der Waals surface area contributed by atoms with Gasteiger partial charge in [0.05, 0.1) is 6.61 Å². The lowest BCUT2D eigenvalue weighted by molar-refractivity contribution is 0.247. The van der Waals surface area contributed by atoms with E-state index in [1.54, 1.807) is 6.20 Å². The van der Waals surface area contributed by atoms with E-state index in [9.17, 15) is 0 Å². The van der Waals surface area contributed by atoms with Crippen LogP contribution in [0.4, 0.5) is 5.82 Å². The predicted molar refractivity (Wildman–Crippen MR) is 67.0 cm³/mol. The van der Waals surface area contributed by atoms with Gasteiger partial charge in [-0.15, -0.1) is 0 Å². The fraction of sp³-hybridized carbons (Fsp3) is 0.615. The van der Waals surface area contributed by atoms with Gasteiger partial charge in [-0.2, -0.15) is 0 Å². The molecule has 0 radical (unpaired) electrons. The Bertz CT molecular complexity index is 384. The third-order valence-electron chi connectivity index (χ3n) is 3.69. The highest BCUT2D eigenvalue weighted by Gasteiger charge is 2.31. The van der Waals surface area contributed by atoms with Crippen LogP contribution in [-0.4, -0.2) is 47.2 Å². The van der Waals surface area contributed by atoms with E-state index in [0.717, 1.165) is 43.6 Å². The van der Waals surface area contributed by atoms with Crippen molar-refractivity contribution in [2.45, 2.75) is 25.5 Å². The highest BCUT2D eigenvalue weighted by molar-refractivity contribution is 5.41. The maximum absolute atomic E-state index is 9.13. The highest BCUT2D eigenvalue weighted by Crippen LogP contribution is 2.28. The van der Waals surface area contributed by atoms with E-state index in [2.05, 4.69) is 14.8 Å². The average Bonchev–Trinajstić information content (AvgIpc) is 3.23. The summed E-state index contributed by atoms with van der Waals surface area (Å²) in [5, 5.41) is 9.13. The largest absolute Gasteiger partial charge is 0.392 e. The smallest absolute Gasteiger partial charge is 0.128 e. The molecule has 2 aliphatic rings. The Morgan fingerprint density at radius 1 is 1.24 bits per heavy atom. The summed E-state index contributed by atoms with van der Waals surface area (Å²) in [4.78, 5) is 9.30. The fourth-order valence-electron chi connectivity index (χ4n) is 2.49. The average molecular weight is 233 g/mol. The van der Waals surface area contributed by atoms with Crippen molar-refractivity contribution in [3.8, 4) is 0 Å². The van der Waals surface area contributed by atoms with Crippen molar-refractivity contribution >= 4 is 5.82 Å². The van der Waals surface area contributed by atoms with E-state index >= 15 is 0 Å². The lowest BCUT2D eigenvalue weighted by atomic mass is 10.2. The number of anilines is 1. The van der Waals surface area contributed by atoms with Crippen molar-refractivity contribution < 1.29 is 5.11 Å². The molecule has 0 amide bonds. The number of aliphatic hydroxyl groups excluding tert-OH is 1. The van der Waals surface area contributed by atoms with E-state index in [0.29, 0.717) is 0 Å². The van der Waals surface area contributed by atoms with Crippen molar-refractivity contribution in [3.63, 3.8) is 0 Å². The van der Waals surface area contributed by atoms with Gasteiger partial charge in [0.1, 0.15) is 5.82 Å². The number of aliphatic hydroxyl groups is 1. The van der Waals surface area contributed by atoms with Crippen molar-refractivity contribution in [1.29, 1.82) is 0 Å². The number of piperazine rings is 1. The van der Waals surface area contributed by atoms with Gasteiger partial charge >= 0.3 is 0 Å². The van der Waals surface area contributed by atoms with Crippen LogP contribution in [0.25, 0.3) is 0 Å². The number of hydrogen-bond acceptors (Lipinski definition) is 4. The van der Waals surface area contributed by atoms with Crippen molar-refractivity contribution in [2.75, 3.05) is 31.1 Å². The third kappa shape index (κ3) is 2.42. The van der Waals surface area contributed by atoms with Crippen molar-refractivity contribution in [2.24, 2.45) is 0 Å². The number of rotatable bonds is 3. The van der Waals surface area contributed by atoms with E-state index < -0.39 is 0 Å². The van der Waals surface area contributed by atoms with Crippen LogP contribution in [0.5, 0.6) is 0 Å². The molecule has 2 heterocycles. The molecule has 1 saturated heterocycles. The summed E-state index contributed by atoms with van der Waals surface area (Å²) in [6.45, 7) is 4.50. The summed E-state index contributed by atoms with van der Waals surface area (Å²) >= 11 is 0. The van der Waals surface area contributed by atoms with Gasteiger partial charge in [-0.05, 0) is 30.5 Å². The zero-order chi connectivity index (χ0) is 11.7. The lowest BCUT2D eigenvalue weighted by Gasteiger charge is -2.35. The Balaban J connectivity index is 1.64. The lowest BCUT2D eigenvalue weighted by Crippen LogP contribution is -2.47. The fourth-order valence-corrected chi connectivity index (χ4v) is 2.49. The SMILES string of the molecule is OCc1ccnc(N2CCN(C3CC3)CC2)c1. The molecule has 92 valence electrons. The minimum absolute atomic E-state index is 0.0948. The topological polar surface area (TPSA) is 39.6 Å². The minimum Gasteiger partial charge on any atom is -0.392 e. The highest BCUT2D eigenvalue weighted by atomic mass is 16.3. The summed E-state index contributed by atoms with van der Waals surface area (Å²) < 4.78 is 0. The molecular weight excluding hydrogens is 214 g/mol. The first-order chi connectivity index (χ1) is 8.36. The molecule has 1 aromatic rings. The Labute approximate surface area is 102 Å². The standard InChI is InChI=1S/C13H19N3O/c17-10-11-3-4-14-13(9-11)16-7-5-15(6-8-16)12-1-2-12/h3-4,9,12,17H,1-2,5-8,10H2. The molecule has 0 atom stereocenters. The predicted octanol–water partition coefficient (Wildman–Crippen LogP) is 0.858. The second-order valence-corrected chi connectivity index (χ2v) is 4.93. The summed E-state index contributed by atoms with van der Waals surface area (Å²) in [7, 11) is 0. The first-order valence-corrected chi connectivity index (χ1v) is 6.41. The minimum atomic E-state index is 0.0948. The molecule has 1 saturated carbocycles. The van der Waals surface area contributed by atoms with Crippen LogP contribution in [-0.2, 0) is 6.61 Å². The van der Waals surface area contributed by atoms with Crippen LogP contribution in [0.3, 0.4) is 0 Å². The van der Waals surface area contributed by atoms with Gasteiger partial charge in [0.15, 0.2) is 0 Å². The van der Waals surface area contributed by atoms with Gasteiger partial charge in [-0.1, -0.05) is 0 Å². The third-order valence-corrected chi connectivity index (χ3v) is 3.69.